The molecule has 0 radical (unpaired) electrons. The van der Waals surface area contributed by atoms with Crippen LogP contribution in [-0.4, -0.2) is 52.5 Å². The quantitative estimate of drug-likeness (QED) is 0.840. The minimum absolute atomic E-state index is 0.0121. The number of hydrogen-bond acceptors (Lipinski definition) is 3. The van der Waals surface area contributed by atoms with Gasteiger partial charge in [-0.15, -0.1) is 0 Å². The first kappa shape index (κ1) is 18.0. The van der Waals surface area contributed by atoms with Crippen LogP contribution >= 0.6 is 11.6 Å². The number of aliphatic hydroxyl groups excluding tert-OH is 1. The van der Waals surface area contributed by atoms with Crippen LogP contribution in [0, 0.1) is 5.92 Å². The molecular formula is C19H23ClN2O3. The highest BCUT2D eigenvalue weighted by Gasteiger charge is 2.40. The molecule has 5 nitrogen and oxygen atoms in total. The van der Waals surface area contributed by atoms with Gasteiger partial charge < -0.3 is 14.9 Å². The van der Waals surface area contributed by atoms with Gasteiger partial charge in [-0.05, 0) is 43.0 Å². The Morgan fingerprint density at radius 3 is 2.60 bits per heavy atom. The molecule has 6 heteroatoms. The second kappa shape index (κ2) is 7.58. The van der Waals surface area contributed by atoms with Gasteiger partial charge in [0.2, 0.25) is 11.8 Å². The number of amides is 2. The molecule has 2 aliphatic rings. The number of halogens is 1. The van der Waals surface area contributed by atoms with Crippen molar-refractivity contribution in [2.24, 2.45) is 5.92 Å². The van der Waals surface area contributed by atoms with Gasteiger partial charge in [-0.3, -0.25) is 9.59 Å². The van der Waals surface area contributed by atoms with E-state index in [1.54, 1.807) is 21.9 Å². The summed E-state index contributed by atoms with van der Waals surface area (Å²) in [6.45, 7) is 5.13. The smallest absolute Gasteiger partial charge is 0.245 e. The predicted molar refractivity (Wildman–Crippen MR) is 96.0 cm³/mol. The molecule has 0 spiro atoms. The van der Waals surface area contributed by atoms with Crippen LogP contribution in [0.5, 0.6) is 0 Å². The lowest BCUT2D eigenvalue weighted by Crippen LogP contribution is -2.46. The fourth-order valence-corrected chi connectivity index (χ4v) is 3.95. The zero-order valence-corrected chi connectivity index (χ0v) is 14.9. The molecule has 2 aliphatic heterocycles. The van der Waals surface area contributed by atoms with E-state index in [0.29, 0.717) is 31.1 Å². The van der Waals surface area contributed by atoms with Gasteiger partial charge in [-0.1, -0.05) is 30.3 Å². The van der Waals surface area contributed by atoms with Gasteiger partial charge in [0.05, 0.1) is 18.1 Å². The minimum Gasteiger partial charge on any atom is -0.391 e. The Labute approximate surface area is 152 Å². The monoisotopic (exact) mass is 362 g/mol. The second-order valence-corrected chi connectivity index (χ2v) is 7.15. The fourth-order valence-electron chi connectivity index (χ4n) is 3.83. The van der Waals surface area contributed by atoms with E-state index in [9.17, 15) is 14.7 Å². The predicted octanol–water partition coefficient (Wildman–Crippen LogP) is 2.40. The highest BCUT2D eigenvalue weighted by Crippen LogP contribution is 2.35. The van der Waals surface area contributed by atoms with Gasteiger partial charge in [0, 0.05) is 24.7 Å². The Balaban J connectivity index is 1.77. The third-order valence-corrected chi connectivity index (χ3v) is 5.37. The molecule has 2 amide bonds. The van der Waals surface area contributed by atoms with Crippen molar-refractivity contribution < 1.29 is 14.7 Å². The van der Waals surface area contributed by atoms with Crippen LogP contribution in [0.1, 0.15) is 30.9 Å². The van der Waals surface area contributed by atoms with Crippen molar-refractivity contribution in [3.8, 4) is 0 Å². The van der Waals surface area contributed by atoms with Gasteiger partial charge >= 0.3 is 0 Å². The highest BCUT2D eigenvalue weighted by molar-refractivity contribution is 6.30. The Morgan fingerprint density at radius 1 is 1.20 bits per heavy atom. The van der Waals surface area contributed by atoms with E-state index in [0.717, 1.165) is 18.4 Å². The summed E-state index contributed by atoms with van der Waals surface area (Å²) in [7, 11) is 0. The van der Waals surface area contributed by atoms with Gasteiger partial charge in [-0.2, -0.15) is 0 Å². The fraction of sp³-hybridized carbons (Fsp3) is 0.474. The first-order valence-corrected chi connectivity index (χ1v) is 9.04. The van der Waals surface area contributed by atoms with E-state index in [1.807, 2.05) is 12.1 Å². The maximum atomic E-state index is 13.1. The molecule has 134 valence electrons. The summed E-state index contributed by atoms with van der Waals surface area (Å²) in [5.74, 6) is -0.343. The Bertz CT molecular complexity index is 661. The summed E-state index contributed by atoms with van der Waals surface area (Å²) in [5.41, 5.74) is 0.887. The lowest BCUT2D eigenvalue weighted by molar-refractivity contribution is -0.141. The lowest BCUT2D eigenvalue weighted by Gasteiger charge is -2.35. The summed E-state index contributed by atoms with van der Waals surface area (Å²) in [4.78, 5) is 28.4. The van der Waals surface area contributed by atoms with E-state index < -0.39 is 6.10 Å². The van der Waals surface area contributed by atoms with E-state index in [1.165, 1.54) is 6.08 Å². The molecule has 1 aromatic carbocycles. The summed E-state index contributed by atoms with van der Waals surface area (Å²) in [6.07, 6.45) is 2.83. The van der Waals surface area contributed by atoms with Crippen LogP contribution in [0.25, 0.3) is 0 Å². The van der Waals surface area contributed by atoms with Gasteiger partial charge in [0.15, 0.2) is 0 Å². The van der Waals surface area contributed by atoms with E-state index in [2.05, 4.69) is 6.58 Å². The summed E-state index contributed by atoms with van der Waals surface area (Å²) >= 11 is 5.95. The number of carbonyl (C=O) groups excluding carboxylic acids is 2. The van der Waals surface area contributed by atoms with Crippen molar-refractivity contribution in [3.63, 3.8) is 0 Å². The second-order valence-electron chi connectivity index (χ2n) is 6.71. The summed E-state index contributed by atoms with van der Waals surface area (Å²) in [6, 6.07) is 6.91. The number of nitrogens with zero attached hydrogens (tertiary/aromatic N) is 2. The van der Waals surface area contributed by atoms with Gasteiger partial charge in [0.25, 0.3) is 0 Å². The Morgan fingerprint density at radius 2 is 1.92 bits per heavy atom. The standard InChI is InChI=1S/C19H23ClN2O3/c1-2-17(24)21-10-3-4-14(12-21)19(25)22-11-9-16(23)18(22)13-5-7-15(20)8-6-13/h2,5-8,14,16,18,23H,1,3-4,9-12H2/t14?,16-,18-/m1/s1. The molecule has 25 heavy (non-hydrogen) atoms. The topological polar surface area (TPSA) is 60.9 Å². The van der Waals surface area contributed by atoms with Crippen molar-refractivity contribution >= 4 is 23.4 Å². The molecule has 0 saturated carbocycles. The van der Waals surface area contributed by atoms with E-state index in [4.69, 9.17) is 11.6 Å². The van der Waals surface area contributed by atoms with Crippen LogP contribution < -0.4 is 0 Å². The number of rotatable bonds is 3. The number of benzene rings is 1. The average molecular weight is 363 g/mol. The molecule has 0 aliphatic carbocycles. The van der Waals surface area contributed by atoms with Crippen molar-refractivity contribution in [1.29, 1.82) is 0 Å². The van der Waals surface area contributed by atoms with Gasteiger partial charge in [0.1, 0.15) is 0 Å². The van der Waals surface area contributed by atoms with Crippen molar-refractivity contribution in [1.82, 2.24) is 9.80 Å². The summed E-state index contributed by atoms with van der Waals surface area (Å²) in [5, 5.41) is 11.0. The first-order valence-electron chi connectivity index (χ1n) is 8.66. The van der Waals surface area contributed by atoms with Crippen LogP contribution in [0.15, 0.2) is 36.9 Å². The normalized spacial score (nSPS) is 26.6. The number of aliphatic hydroxyl groups is 1. The molecular weight excluding hydrogens is 340 g/mol. The molecule has 2 heterocycles. The Kier molecular flexibility index (Phi) is 5.45. The SMILES string of the molecule is C=CC(=O)N1CCCC(C(=O)N2CC[C@@H](O)[C@H]2c2ccc(Cl)cc2)C1. The van der Waals surface area contributed by atoms with Crippen molar-refractivity contribution in [3.05, 3.63) is 47.5 Å². The number of carbonyl (C=O) groups is 2. The Hall–Kier alpha value is -1.85. The molecule has 1 unspecified atom stereocenters. The van der Waals surface area contributed by atoms with Crippen LogP contribution in [0.4, 0.5) is 0 Å². The first-order chi connectivity index (χ1) is 12.0. The van der Waals surface area contributed by atoms with E-state index in [-0.39, 0.29) is 23.8 Å². The van der Waals surface area contributed by atoms with Crippen molar-refractivity contribution in [2.75, 3.05) is 19.6 Å². The largest absolute Gasteiger partial charge is 0.391 e. The zero-order chi connectivity index (χ0) is 18.0. The maximum Gasteiger partial charge on any atom is 0.245 e. The van der Waals surface area contributed by atoms with Crippen LogP contribution in [0.2, 0.25) is 5.02 Å². The summed E-state index contributed by atoms with van der Waals surface area (Å²) < 4.78 is 0. The van der Waals surface area contributed by atoms with Crippen molar-refractivity contribution in [2.45, 2.75) is 31.4 Å². The number of piperidine rings is 1. The van der Waals surface area contributed by atoms with E-state index >= 15 is 0 Å². The number of likely N-dealkylation sites (tertiary alicyclic amines) is 2. The van der Waals surface area contributed by atoms with Gasteiger partial charge in [-0.25, -0.2) is 0 Å². The molecule has 0 aromatic heterocycles. The highest BCUT2D eigenvalue weighted by atomic mass is 35.5. The zero-order valence-electron chi connectivity index (χ0n) is 14.1. The minimum atomic E-state index is -0.584. The molecule has 1 aromatic rings. The lowest BCUT2D eigenvalue weighted by atomic mass is 9.95. The third kappa shape index (κ3) is 3.72. The molecule has 3 rings (SSSR count). The molecule has 0 bridgehead atoms. The average Bonchev–Trinajstić information content (AvgIpc) is 3.02. The molecule has 2 fully saturated rings. The van der Waals surface area contributed by atoms with Crippen LogP contribution in [-0.2, 0) is 9.59 Å². The van der Waals surface area contributed by atoms with Crippen LogP contribution in [0.3, 0.4) is 0 Å². The molecule has 1 N–H and O–H groups in total. The number of hydrogen-bond donors (Lipinski definition) is 1. The third-order valence-electron chi connectivity index (χ3n) is 5.12. The molecule has 2 saturated heterocycles. The molecule has 3 atom stereocenters. The maximum absolute atomic E-state index is 13.1.